The molecule has 0 radical (unpaired) electrons. The lowest BCUT2D eigenvalue weighted by molar-refractivity contribution is -0.0524. The average molecular weight is 308 g/mol. The van der Waals surface area contributed by atoms with Crippen molar-refractivity contribution in [2.24, 2.45) is 0 Å². The van der Waals surface area contributed by atoms with E-state index in [4.69, 9.17) is 23.2 Å². The zero-order chi connectivity index (χ0) is 14.0. The summed E-state index contributed by atoms with van der Waals surface area (Å²) in [5, 5.41) is 0.359. The van der Waals surface area contributed by atoms with Crippen molar-refractivity contribution in [2.75, 3.05) is 0 Å². The molecule has 1 aromatic carbocycles. The van der Waals surface area contributed by atoms with Gasteiger partial charge in [-0.05, 0) is 18.2 Å². The number of nitrogens with zero attached hydrogens (tertiary/aromatic N) is 1. The molecule has 0 aliphatic rings. The molecule has 0 saturated heterocycles. The Labute approximate surface area is 116 Å². The Morgan fingerprint density at radius 2 is 1.79 bits per heavy atom. The SMILES string of the molecule is Fc1cnc(OC(F)F)c(-c2c(Cl)cccc2Cl)c1. The minimum atomic E-state index is -3.09. The minimum absolute atomic E-state index is 0.0316. The first-order chi connectivity index (χ1) is 8.99. The van der Waals surface area contributed by atoms with Crippen molar-refractivity contribution in [1.29, 1.82) is 0 Å². The third-order valence-electron chi connectivity index (χ3n) is 2.25. The fraction of sp³-hybridized carbons (Fsp3) is 0.0833. The van der Waals surface area contributed by atoms with Crippen molar-refractivity contribution in [3.63, 3.8) is 0 Å². The maximum Gasteiger partial charge on any atom is 0.388 e. The number of hydrogen-bond donors (Lipinski definition) is 0. The zero-order valence-corrected chi connectivity index (χ0v) is 10.7. The van der Waals surface area contributed by atoms with E-state index in [0.29, 0.717) is 0 Å². The molecule has 0 fully saturated rings. The Balaban J connectivity index is 2.63. The predicted octanol–water partition coefficient (Wildman–Crippen LogP) is 4.80. The normalized spacial score (nSPS) is 10.8. The molecule has 0 saturated carbocycles. The number of rotatable bonds is 3. The summed E-state index contributed by atoms with van der Waals surface area (Å²) in [5.74, 6) is -1.15. The lowest BCUT2D eigenvalue weighted by Crippen LogP contribution is -2.05. The van der Waals surface area contributed by atoms with Gasteiger partial charge in [-0.3, -0.25) is 0 Å². The van der Waals surface area contributed by atoms with Gasteiger partial charge in [-0.25, -0.2) is 9.37 Å². The van der Waals surface area contributed by atoms with Crippen LogP contribution in [0.5, 0.6) is 5.88 Å². The molecule has 0 atom stereocenters. The molecule has 0 unspecified atom stereocenters. The molecule has 0 spiro atoms. The fourth-order valence-electron chi connectivity index (χ4n) is 1.54. The summed E-state index contributed by atoms with van der Waals surface area (Å²) in [4.78, 5) is 3.48. The fourth-order valence-corrected chi connectivity index (χ4v) is 2.14. The number of hydrogen-bond acceptors (Lipinski definition) is 2. The van der Waals surface area contributed by atoms with E-state index < -0.39 is 18.3 Å². The lowest BCUT2D eigenvalue weighted by Gasteiger charge is -2.12. The average Bonchev–Trinajstić information content (AvgIpc) is 2.31. The van der Waals surface area contributed by atoms with Gasteiger partial charge in [-0.2, -0.15) is 8.78 Å². The standard InChI is InChI=1S/C12H6Cl2F3NO/c13-8-2-1-3-9(14)10(8)7-4-6(15)5-18-11(7)19-12(16)17/h1-5,12H. The van der Waals surface area contributed by atoms with Gasteiger partial charge in [-0.1, -0.05) is 29.3 Å². The quantitative estimate of drug-likeness (QED) is 0.813. The number of halogens is 5. The van der Waals surface area contributed by atoms with E-state index in [0.717, 1.165) is 12.3 Å². The Morgan fingerprint density at radius 3 is 2.37 bits per heavy atom. The van der Waals surface area contributed by atoms with Crippen LogP contribution in [-0.2, 0) is 0 Å². The summed E-state index contributed by atoms with van der Waals surface area (Å²) in [6, 6.07) is 5.56. The lowest BCUT2D eigenvalue weighted by atomic mass is 10.1. The smallest absolute Gasteiger partial charge is 0.388 e. The number of ether oxygens (including phenoxy) is 1. The Bertz CT molecular complexity index is 587. The third kappa shape index (κ3) is 3.11. The highest BCUT2D eigenvalue weighted by Gasteiger charge is 2.18. The highest BCUT2D eigenvalue weighted by Crippen LogP contribution is 2.39. The van der Waals surface area contributed by atoms with Crippen LogP contribution in [0.1, 0.15) is 0 Å². The molecular weight excluding hydrogens is 302 g/mol. The second kappa shape index (κ2) is 5.67. The van der Waals surface area contributed by atoms with Crippen LogP contribution in [0.15, 0.2) is 30.5 Å². The Hall–Kier alpha value is -1.46. The number of aromatic nitrogens is 1. The molecule has 1 aromatic heterocycles. The largest absolute Gasteiger partial charge is 0.416 e. The third-order valence-corrected chi connectivity index (χ3v) is 2.88. The molecule has 1 heterocycles. The number of pyridine rings is 1. The van der Waals surface area contributed by atoms with Gasteiger partial charge >= 0.3 is 6.61 Å². The minimum Gasteiger partial charge on any atom is -0.416 e. The second-order valence-electron chi connectivity index (χ2n) is 3.48. The summed E-state index contributed by atoms with van der Waals surface area (Å²) in [6.07, 6.45) is 0.770. The molecule has 2 rings (SSSR count). The zero-order valence-electron chi connectivity index (χ0n) is 9.21. The summed E-state index contributed by atoms with van der Waals surface area (Å²) >= 11 is 11.9. The molecule has 0 amide bonds. The van der Waals surface area contributed by atoms with Gasteiger partial charge in [0.25, 0.3) is 0 Å². The van der Waals surface area contributed by atoms with E-state index in [-0.39, 0.29) is 21.2 Å². The van der Waals surface area contributed by atoms with Crippen LogP contribution >= 0.6 is 23.2 Å². The van der Waals surface area contributed by atoms with Gasteiger partial charge in [-0.15, -0.1) is 0 Å². The summed E-state index contributed by atoms with van der Waals surface area (Å²) in [6.45, 7) is -3.09. The molecule has 0 bridgehead atoms. The van der Waals surface area contributed by atoms with Crippen LogP contribution < -0.4 is 4.74 Å². The van der Waals surface area contributed by atoms with Crippen LogP contribution in [0, 0.1) is 5.82 Å². The van der Waals surface area contributed by atoms with Gasteiger partial charge in [0.2, 0.25) is 5.88 Å². The van der Waals surface area contributed by atoms with Crippen LogP contribution in [0.25, 0.3) is 11.1 Å². The molecular formula is C12H6Cl2F3NO. The van der Waals surface area contributed by atoms with Crippen molar-refractivity contribution < 1.29 is 17.9 Å². The van der Waals surface area contributed by atoms with Crippen molar-refractivity contribution in [1.82, 2.24) is 4.98 Å². The second-order valence-corrected chi connectivity index (χ2v) is 4.30. The summed E-state index contributed by atoms with van der Waals surface area (Å²) < 4.78 is 42.1. The van der Waals surface area contributed by atoms with E-state index >= 15 is 0 Å². The highest BCUT2D eigenvalue weighted by atomic mass is 35.5. The number of benzene rings is 1. The molecule has 2 aromatic rings. The molecule has 7 heteroatoms. The van der Waals surface area contributed by atoms with E-state index in [1.54, 1.807) is 6.07 Å². The molecule has 0 aliphatic carbocycles. The van der Waals surface area contributed by atoms with Gasteiger partial charge in [0.1, 0.15) is 5.82 Å². The Morgan fingerprint density at radius 1 is 1.16 bits per heavy atom. The van der Waals surface area contributed by atoms with Crippen LogP contribution in [0.3, 0.4) is 0 Å². The van der Waals surface area contributed by atoms with Crippen molar-refractivity contribution in [3.8, 4) is 17.0 Å². The van der Waals surface area contributed by atoms with Crippen LogP contribution in [0.4, 0.5) is 13.2 Å². The highest BCUT2D eigenvalue weighted by molar-refractivity contribution is 6.39. The summed E-state index contributed by atoms with van der Waals surface area (Å²) in [7, 11) is 0. The predicted molar refractivity (Wildman–Crippen MR) is 66.3 cm³/mol. The molecule has 19 heavy (non-hydrogen) atoms. The van der Waals surface area contributed by atoms with Gasteiger partial charge in [0, 0.05) is 5.56 Å². The van der Waals surface area contributed by atoms with Gasteiger partial charge in [0.15, 0.2) is 0 Å². The first kappa shape index (κ1) is 14.0. The van der Waals surface area contributed by atoms with E-state index in [2.05, 4.69) is 9.72 Å². The van der Waals surface area contributed by atoms with Crippen molar-refractivity contribution in [2.45, 2.75) is 6.61 Å². The maximum atomic E-state index is 13.2. The Kier molecular flexibility index (Phi) is 4.17. The van der Waals surface area contributed by atoms with Crippen molar-refractivity contribution >= 4 is 23.2 Å². The van der Waals surface area contributed by atoms with E-state index in [1.807, 2.05) is 0 Å². The van der Waals surface area contributed by atoms with E-state index in [9.17, 15) is 13.2 Å². The molecule has 100 valence electrons. The number of alkyl halides is 2. The first-order valence-corrected chi connectivity index (χ1v) is 5.79. The topological polar surface area (TPSA) is 22.1 Å². The molecule has 0 N–H and O–H groups in total. The van der Waals surface area contributed by atoms with E-state index in [1.165, 1.54) is 12.1 Å². The van der Waals surface area contributed by atoms with Crippen LogP contribution in [0.2, 0.25) is 10.0 Å². The van der Waals surface area contributed by atoms with Crippen molar-refractivity contribution in [3.05, 3.63) is 46.3 Å². The first-order valence-electron chi connectivity index (χ1n) is 5.04. The molecule has 0 aliphatic heterocycles. The summed E-state index contributed by atoms with van der Waals surface area (Å²) in [5.41, 5.74) is 0.157. The van der Waals surface area contributed by atoms with Crippen LogP contribution in [-0.4, -0.2) is 11.6 Å². The van der Waals surface area contributed by atoms with Gasteiger partial charge in [0.05, 0.1) is 21.8 Å². The molecule has 2 nitrogen and oxygen atoms in total. The van der Waals surface area contributed by atoms with Gasteiger partial charge < -0.3 is 4.74 Å². The maximum absolute atomic E-state index is 13.2. The monoisotopic (exact) mass is 307 g/mol.